The zero-order valence-electron chi connectivity index (χ0n) is 12.9. The lowest BCUT2D eigenvalue weighted by atomic mass is 10.1. The molecular formula is C16H20N4O3. The minimum atomic E-state index is -0.419. The molecule has 1 aliphatic heterocycles. The molecule has 0 bridgehead atoms. The highest BCUT2D eigenvalue weighted by atomic mass is 16.6. The van der Waals surface area contributed by atoms with Crippen molar-refractivity contribution in [3.63, 3.8) is 0 Å². The van der Waals surface area contributed by atoms with E-state index in [9.17, 15) is 10.1 Å². The van der Waals surface area contributed by atoms with E-state index in [2.05, 4.69) is 15.2 Å². The van der Waals surface area contributed by atoms with Crippen LogP contribution in [0.3, 0.4) is 0 Å². The Kier molecular flexibility index (Phi) is 4.87. The van der Waals surface area contributed by atoms with Crippen LogP contribution in [-0.4, -0.2) is 34.4 Å². The second kappa shape index (κ2) is 7.23. The van der Waals surface area contributed by atoms with E-state index in [0.29, 0.717) is 12.4 Å². The van der Waals surface area contributed by atoms with Gasteiger partial charge < -0.3 is 9.73 Å². The van der Waals surface area contributed by atoms with Crippen molar-refractivity contribution in [2.45, 2.75) is 25.3 Å². The summed E-state index contributed by atoms with van der Waals surface area (Å²) in [7, 11) is 0. The number of aromatic nitrogens is 1. The summed E-state index contributed by atoms with van der Waals surface area (Å²) in [5.74, 6) is 1.17. The Hall–Kier alpha value is -2.41. The average molecular weight is 316 g/mol. The summed E-state index contributed by atoms with van der Waals surface area (Å²) in [5, 5.41) is 14.2. The van der Waals surface area contributed by atoms with Gasteiger partial charge in [0.25, 0.3) is 0 Å². The molecule has 1 fully saturated rings. The summed E-state index contributed by atoms with van der Waals surface area (Å²) in [6.45, 7) is 2.54. The fourth-order valence-electron chi connectivity index (χ4n) is 2.99. The number of hydrogen-bond acceptors (Lipinski definition) is 6. The Labute approximate surface area is 134 Å². The molecule has 7 nitrogen and oxygen atoms in total. The Bertz CT molecular complexity index is 639. The number of likely N-dealkylation sites (tertiary alicyclic amines) is 1. The summed E-state index contributed by atoms with van der Waals surface area (Å²) in [6, 6.07) is 6.89. The molecule has 3 heterocycles. The predicted molar refractivity (Wildman–Crippen MR) is 86.3 cm³/mol. The molecular weight excluding hydrogens is 296 g/mol. The van der Waals surface area contributed by atoms with Crippen LogP contribution in [-0.2, 0) is 0 Å². The number of nitro groups is 1. The van der Waals surface area contributed by atoms with Crippen LogP contribution in [0.4, 0.5) is 11.5 Å². The standard InChI is InChI=1S/C16H20N4O3/c21-20(22)13-6-4-8-17-16(13)18-12-14(15-7-5-11-23-15)19-9-2-1-3-10-19/h4-8,11,14H,1-3,9-10,12H2,(H,17,18)/t14-/m0/s1. The number of piperidine rings is 1. The van der Waals surface area contributed by atoms with Crippen molar-refractivity contribution in [3.8, 4) is 0 Å². The minimum absolute atomic E-state index is 0.00987. The minimum Gasteiger partial charge on any atom is -0.468 e. The van der Waals surface area contributed by atoms with Crippen molar-refractivity contribution in [2.75, 3.05) is 25.0 Å². The Morgan fingerprint density at radius 2 is 2.13 bits per heavy atom. The van der Waals surface area contributed by atoms with E-state index >= 15 is 0 Å². The molecule has 0 radical (unpaired) electrons. The maximum Gasteiger partial charge on any atom is 0.311 e. The monoisotopic (exact) mass is 316 g/mol. The molecule has 0 spiro atoms. The number of anilines is 1. The van der Waals surface area contributed by atoms with Crippen LogP contribution in [0.25, 0.3) is 0 Å². The van der Waals surface area contributed by atoms with Gasteiger partial charge in [-0.05, 0) is 44.1 Å². The van der Waals surface area contributed by atoms with Gasteiger partial charge in [-0.1, -0.05) is 6.42 Å². The summed E-state index contributed by atoms with van der Waals surface area (Å²) in [5.41, 5.74) is -0.00987. The highest BCUT2D eigenvalue weighted by Crippen LogP contribution is 2.27. The van der Waals surface area contributed by atoms with E-state index in [1.165, 1.54) is 25.3 Å². The number of rotatable bonds is 6. The highest BCUT2D eigenvalue weighted by Gasteiger charge is 2.25. The van der Waals surface area contributed by atoms with Gasteiger partial charge in [-0.2, -0.15) is 0 Å². The Balaban J connectivity index is 1.75. The van der Waals surface area contributed by atoms with Gasteiger partial charge in [-0.25, -0.2) is 4.98 Å². The van der Waals surface area contributed by atoms with Gasteiger partial charge in [0.1, 0.15) is 5.76 Å². The number of nitrogens with zero attached hydrogens (tertiary/aromatic N) is 3. The molecule has 2 aromatic rings. The van der Waals surface area contributed by atoms with E-state index in [1.54, 1.807) is 18.5 Å². The molecule has 0 unspecified atom stereocenters. The van der Waals surface area contributed by atoms with Gasteiger partial charge in [-0.15, -0.1) is 0 Å². The van der Waals surface area contributed by atoms with Crippen LogP contribution >= 0.6 is 0 Å². The molecule has 3 rings (SSSR count). The SMILES string of the molecule is O=[N+]([O-])c1cccnc1NC[C@@H](c1ccco1)N1CCCCC1. The number of pyridine rings is 1. The first kappa shape index (κ1) is 15.5. The molecule has 2 aromatic heterocycles. The normalized spacial score (nSPS) is 16.9. The van der Waals surface area contributed by atoms with E-state index in [-0.39, 0.29) is 11.7 Å². The van der Waals surface area contributed by atoms with Gasteiger partial charge in [0.2, 0.25) is 5.82 Å². The molecule has 0 amide bonds. The largest absolute Gasteiger partial charge is 0.468 e. The molecule has 122 valence electrons. The van der Waals surface area contributed by atoms with Gasteiger partial charge >= 0.3 is 5.69 Å². The van der Waals surface area contributed by atoms with Gasteiger partial charge in [0.15, 0.2) is 0 Å². The molecule has 1 atom stereocenters. The first-order valence-electron chi connectivity index (χ1n) is 7.86. The Morgan fingerprint density at radius 3 is 2.83 bits per heavy atom. The fourth-order valence-corrected chi connectivity index (χ4v) is 2.99. The molecule has 1 saturated heterocycles. The second-order valence-corrected chi connectivity index (χ2v) is 5.64. The van der Waals surface area contributed by atoms with Gasteiger partial charge in [-0.3, -0.25) is 15.0 Å². The lowest BCUT2D eigenvalue weighted by Gasteiger charge is -2.33. The van der Waals surface area contributed by atoms with E-state index < -0.39 is 4.92 Å². The zero-order valence-corrected chi connectivity index (χ0v) is 12.9. The Morgan fingerprint density at radius 1 is 1.30 bits per heavy atom. The van der Waals surface area contributed by atoms with Crippen LogP contribution in [0.5, 0.6) is 0 Å². The van der Waals surface area contributed by atoms with Crippen molar-refractivity contribution in [2.24, 2.45) is 0 Å². The number of furan rings is 1. The first-order valence-corrected chi connectivity index (χ1v) is 7.86. The van der Waals surface area contributed by atoms with Crippen molar-refractivity contribution in [1.29, 1.82) is 0 Å². The summed E-state index contributed by atoms with van der Waals surface area (Å²) < 4.78 is 5.58. The lowest BCUT2D eigenvalue weighted by Crippen LogP contribution is -2.37. The maximum absolute atomic E-state index is 11.1. The third kappa shape index (κ3) is 3.68. The summed E-state index contributed by atoms with van der Waals surface area (Å²) in [4.78, 5) is 17.1. The molecule has 1 aliphatic rings. The number of hydrogen-bond donors (Lipinski definition) is 1. The van der Waals surface area contributed by atoms with Gasteiger partial charge in [0, 0.05) is 18.8 Å². The second-order valence-electron chi connectivity index (χ2n) is 5.64. The summed E-state index contributed by atoms with van der Waals surface area (Å²) >= 11 is 0. The molecule has 0 aliphatic carbocycles. The van der Waals surface area contributed by atoms with E-state index in [4.69, 9.17) is 4.42 Å². The van der Waals surface area contributed by atoms with Crippen LogP contribution in [0.15, 0.2) is 41.1 Å². The topological polar surface area (TPSA) is 84.4 Å². The van der Waals surface area contributed by atoms with E-state index in [1.807, 2.05) is 12.1 Å². The molecule has 1 N–H and O–H groups in total. The van der Waals surface area contributed by atoms with Crippen LogP contribution in [0.2, 0.25) is 0 Å². The zero-order chi connectivity index (χ0) is 16.1. The third-order valence-corrected chi connectivity index (χ3v) is 4.15. The number of nitrogens with one attached hydrogen (secondary N) is 1. The molecule has 0 saturated carbocycles. The first-order chi connectivity index (χ1) is 11.3. The smallest absolute Gasteiger partial charge is 0.311 e. The average Bonchev–Trinajstić information content (AvgIpc) is 3.10. The van der Waals surface area contributed by atoms with Crippen LogP contribution in [0.1, 0.15) is 31.1 Å². The lowest BCUT2D eigenvalue weighted by molar-refractivity contribution is -0.384. The van der Waals surface area contributed by atoms with Crippen molar-refractivity contribution >= 4 is 11.5 Å². The molecule has 0 aromatic carbocycles. The highest BCUT2D eigenvalue weighted by molar-refractivity contribution is 5.55. The predicted octanol–water partition coefficient (Wildman–Crippen LogP) is 3.22. The van der Waals surface area contributed by atoms with Gasteiger partial charge in [0.05, 0.1) is 17.2 Å². The molecule has 23 heavy (non-hydrogen) atoms. The van der Waals surface area contributed by atoms with Crippen LogP contribution in [0, 0.1) is 10.1 Å². The fraction of sp³-hybridized carbons (Fsp3) is 0.438. The molecule has 7 heteroatoms. The van der Waals surface area contributed by atoms with E-state index in [0.717, 1.165) is 18.8 Å². The third-order valence-electron chi connectivity index (χ3n) is 4.15. The van der Waals surface area contributed by atoms with Crippen molar-refractivity contribution < 1.29 is 9.34 Å². The van der Waals surface area contributed by atoms with Crippen molar-refractivity contribution in [1.82, 2.24) is 9.88 Å². The van der Waals surface area contributed by atoms with Crippen LogP contribution < -0.4 is 5.32 Å². The van der Waals surface area contributed by atoms with Crippen molar-refractivity contribution in [3.05, 3.63) is 52.6 Å². The summed E-state index contributed by atoms with van der Waals surface area (Å²) in [6.07, 6.45) is 6.80. The quantitative estimate of drug-likeness (QED) is 0.650. The maximum atomic E-state index is 11.1.